The maximum absolute atomic E-state index is 11.6. The van der Waals surface area contributed by atoms with Crippen molar-refractivity contribution in [3.63, 3.8) is 0 Å². The molecule has 1 aliphatic rings. The molecule has 1 aliphatic heterocycles. The summed E-state index contributed by atoms with van der Waals surface area (Å²) in [5.74, 6) is 0.392. The molecule has 20 heavy (non-hydrogen) atoms. The molecule has 2 amide bonds. The quantitative estimate of drug-likeness (QED) is 0.754. The molecule has 0 aromatic heterocycles. The number of carboxylic acids is 1. The number of carbonyl (C=O) groups excluding carboxylic acids is 1. The normalized spacial score (nSPS) is 13.7. The first-order valence-corrected chi connectivity index (χ1v) is 6.22. The van der Waals surface area contributed by atoms with Crippen molar-refractivity contribution in [2.24, 2.45) is 0 Å². The lowest BCUT2D eigenvalue weighted by Crippen LogP contribution is -2.38. The summed E-state index contributed by atoms with van der Waals surface area (Å²) in [4.78, 5) is 21.9. The zero-order valence-electron chi connectivity index (χ0n) is 11.0. The molecule has 1 aromatic rings. The molecule has 7 nitrogen and oxygen atoms in total. The number of nitrogens with one attached hydrogen (secondary N) is 2. The van der Waals surface area contributed by atoms with Crippen LogP contribution in [0.1, 0.15) is 24.9 Å². The number of benzene rings is 1. The standard InChI is InChI=1S/C13H16N2O5/c1-8(15-13(18)14-5-4-12(16)17)9-2-3-10-11(6-9)20-7-19-10/h2-3,6,8H,4-5,7H2,1H3,(H,16,17)(H2,14,15,18). The Kier molecular flexibility index (Phi) is 4.29. The van der Waals surface area contributed by atoms with Gasteiger partial charge in [-0.2, -0.15) is 0 Å². The molecule has 1 atom stereocenters. The van der Waals surface area contributed by atoms with Gasteiger partial charge in [-0.25, -0.2) is 4.79 Å². The number of carbonyl (C=O) groups is 2. The predicted octanol–water partition coefficient (Wildman–Crippen LogP) is 1.25. The van der Waals surface area contributed by atoms with Gasteiger partial charge in [0, 0.05) is 6.54 Å². The topological polar surface area (TPSA) is 96.9 Å². The Bertz CT molecular complexity index is 517. The highest BCUT2D eigenvalue weighted by molar-refractivity contribution is 5.75. The van der Waals surface area contributed by atoms with Gasteiger partial charge in [-0.05, 0) is 24.6 Å². The van der Waals surface area contributed by atoms with E-state index >= 15 is 0 Å². The van der Waals surface area contributed by atoms with Gasteiger partial charge in [0.05, 0.1) is 12.5 Å². The van der Waals surface area contributed by atoms with Crippen molar-refractivity contribution < 1.29 is 24.2 Å². The molecule has 0 fully saturated rings. The summed E-state index contributed by atoms with van der Waals surface area (Å²) in [5.41, 5.74) is 0.877. The van der Waals surface area contributed by atoms with Crippen molar-refractivity contribution in [1.82, 2.24) is 10.6 Å². The summed E-state index contributed by atoms with van der Waals surface area (Å²) >= 11 is 0. The third-order valence-corrected chi connectivity index (χ3v) is 2.87. The molecule has 0 aliphatic carbocycles. The van der Waals surface area contributed by atoms with Crippen LogP contribution in [-0.4, -0.2) is 30.4 Å². The summed E-state index contributed by atoms with van der Waals surface area (Å²) in [6.45, 7) is 2.12. The fourth-order valence-corrected chi connectivity index (χ4v) is 1.80. The van der Waals surface area contributed by atoms with Crippen molar-refractivity contribution in [1.29, 1.82) is 0 Å². The lowest BCUT2D eigenvalue weighted by atomic mass is 10.1. The zero-order chi connectivity index (χ0) is 14.5. The van der Waals surface area contributed by atoms with Crippen LogP contribution in [0.5, 0.6) is 11.5 Å². The van der Waals surface area contributed by atoms with E-state index in [1.807, 2.05) is 19.1 Å². The third-order valence-electron chi connectivity index (χ3n) is 2.87. The van der Waals surface area contributed by atoms with Crippen LogP contribution in [0.15, 0.2) is 18.2 Å². The van der Waals surface area contributed by atoms with Crippen molar-refractivity contribution in [2.75, 3.05) is 13.3 Å². The molecule has 0 bridgehead atoms. The molecule has 0 spiro atoms. The molecule has 0 saturated carbocycles. The van der Waals surface area contributed by atoms with Gasteiger partial charge in [-0.15, -0.1) is 0 Å². The molecule has 1 heterocycles. The predicted molar refractivity (Wildman–Crippen MR) is 69.8 cm³/mol. The first kappa shape index (κ1) is 14.0. The van der Waals surface area contributed by atoms with Gasteiger partial charge < -0.3 is 25.2 Å². The number of rotatable bonds is 5. The molecule has 3 N–H and O–H groups in total. The van der Waals surface area contributed by atoms with E-state index in [0.717, 1.165) is 5.56 Å². The van der Waals surface area contributed by atoms with Crippen molar-refractivity contribution in [3.8, 4) is 11.5 Å². The van der Waals surface area contributed by atoms with Crippen LogP contribution in [0.4, 0.5) is 4.79 Å². The third kappa shape index (κ3) is 3.53. The van der Waals surface area contributed by atoms with E-state index < -0.39 is 12.0 Å². The lowest BCUT2D eigenvalue weighted by Gasteiger charge is -2.15. The summed E-state index contributed by atoms with van der Waals surface area (Å²) in [5, 5.41) is 13.7. The average molecular weight is 280 g/mol. The Morgan fingerprint density at radius 2 is 2.10 bits per heavy atom. The van der Waals surface area contributed by atoms with Crippen molar-refractivity contribution >= 4 is 12.0 Å². The van der Waals surface area contributed by atoms with E-state index in [-0.39, 0.29) is 25.8 Å². The van der Waals surface area contributed by atoms with Crippen LogP contribution in [0.25, 0.3) is 0 Å². The van der Waals surface area contributed by atoms with E-state index in [1.54, 1.807) is 6.07 Å². The minimum atomic E-state index is -0.950. The van der Waals surface area contributed by atoms with E-state index in [9.17, 15) is 9.59 Å². The summed E-state index contributed by atoms with van der Waals surface area (Å²) in [7, 11) is 0. The van der Waals surface area contributed by atoms with E-state index in [1.165, 1.54) is 0 Å². The van der Waals surface area contributed by atoms with Gasteiger partial charge in [0.25, 0.3) is 0 Å². The smallest absolute Gasteiger partial charge is 0.315 e. The average Bonchev–Trinajstić information content (AvgIpc) is 2.85. The fraction of sp³-hybridized carbons (Fsp3) is 0.385. The van der Waals surface area contributed by atoms with Gasteiger partial charge in [0.2, 0.25) is 6.79 Å². The van der Waals surface area contributed by atoms with Crippen LogP contribution in [0, 0.1) is 0 Å². The Hall–Kier alpha value is -2.44. The highest BCUT2D eigenvalue weighted by Crippen LogP contribution is 2.34. The molecule has 7 heteroatoms. The van der Waals surface area contributed by atoms with E-state index in [0.29, 0.717) is 11.5 Å². The number of urea groups is 1. The number of carboxylic acid groups (broad SMARTS) is 1. The molecule has 2 rings (SSSR count). The molecule has 108 valence electrons. The molecular formula is C13H16N2O5. The van der Waals surface area contributed by atoms with Crippen molar-refractivity contribution in [2.45, 2.75) is 19.4 Å². The monoisotopic (exact) mass is 280 g/mol. The second-order valence-corrected chi connectivity index (χ2v) is 4.38. The number of amides is 2. The molecule has 1 aromatic carbocycles. The van der Waals surface area contributed by atoms with Gasteiger partial charge in [0.15, 0.2) is 11.5 Å². The number of aliphatic carboxylic acids is 1. The highest BCUT2D eigenvalue weighted by Gasteiger charge is 2.16. The number of ether oxygens (including phenoxy) is 2. The van der Waals surface area contributed by atoms with Crippen LogP contribution >= 0.6 is 0 Å². The first-order chi connectivity index (χ1) is 9.56. The van der Waals surface area contributed by atoms with Gasteiger partial charge >= 0.3 is 12.0 Å². The van der Waals surface area contributed by atoms with Crippen LogP contribution in [0.2, 0.25) is 0 Å². The SMILES string of the molecule is CC(NC(=O)NCCC(=O)O)c1ccc2c(c1)OCO2. The Morgan fingerprint density at radius 1 is 1.35 bits per heavy atom. The summed E-state index contributed by atoms with van der Waals surface area (Å²) in [6.07, 6.45) is -0.105. The highest BCUT2D eigenvalue weighted by atomic mass is 16.7. The van der Waals surface area contributed by atoms with E-state index in [2.05, 4.69) is 10.6 Å². The van der Waals surface area contributed by atoms with Crippen LogP contribution < -0.4 is 20.1 Å². The molecular weight excluding hydrogens is 264 g/mol. The Labute approximate surface area is 115 Å². The minimum absolute atomic E-state index is 0.0923. The Balaban J connectivity index is 1.86. The second kappa shape index (κ2) is 6.14. The molecule has 0 radical (unpaired) electrons. The number of hydrogen-bond donors (Lipinski definition) is 3. The number of hydrogen-bond acceptors (Lipinski definition) is 4. The summed E-state index contributed by atoms with van der Waals surface area (Å²) in [6, 6.07) is 4.81. The second-order valence-electron chi connectivity index (χ2n) is 4.38. The van der Waals surface area contributed by atoms with Crippen LogP contribution in [0.3, 0.4) is 0 Å². The maximum atomic E-state index is 11.6. The number of fused-ring (bicyclic) bond motifs is 1. The zero-order valence-corrected chi connectivity index (χ0v) is 11.0. The van der Waals surface area contributed by atoms with Gasteiger partial charge in [-0.3, -0.25) is 4.79 Å². The largest absolute Gasteiger partial charge is 0.481 e. The first-order valence-electron chi connectivity index (χ1n) is 6.22. The van der Waals surface area contributed by atoms with E-state index in [4.69, 9.17) is 14.6 Å². The van der Waals surface area contributed by atoms with Gasteiger partial charge in [-0.1, -0.05) is 6.07 Å². The fourth-order valence-electron chi connectivity index (χ4n) is 1.80. The minimum Gasteiger partial charge on any atom is -0.481 e. The van der Waals surface area contributed by atoms with Crippen molar-refractivity contribution in [3.05, 3.63) is 23.8 Å². The molecule has 1 unspecified atom stereocenters. The lowest BCUT2D eigenvalue weighted by molar-refractivity contribution is -0.136. The molecule has 0 saturated heterocycles. The van der Waals surface area contributed by atoms with Gasteiger partial charge in [0.1, 0.15) is 0 Å². The summed E-state index contributed by atoms with van der Waals surface area (Å²) < 4.78 is 10.5. The van der Waals surface area contributed by atoms with Crippen LogP contribution in [-0.2, 0) is 4.79 Å². The maximum Gasteiger partial charge on any atom is 0.315 e. The Morgan fingerprint density at radius 3 is 2.85 bits per heavy atom.